The highest BCUT2D eigenvalue weighted by Gasteiger charge is 2.20. The second-order valence-electron chi connectivity index (χ2n) is 5.24. The number of Topliss-reactive ketones (excluding diaryl/α,β-unsaturated/α-hetero) is 1. The van der Waals surface area contributed by atoms with E-state index in [2.05, 4.69) is 4.90 Å². The van der Waals surface area contributed by atoms with Crippen LogP contribution in [0.15, 0.2) is 22.8 Å². The van der Waals surface area contributed by atoms with Crippen molar-refractivity contribution in [1.82, 2.24) is 4.90 Å². The lowest BCUT2D eigenvalue weighted by Crippen LogP contribution is -2.26. The summed E-state index contributed by atoms with van der Waals surface area (Å²) >= 11 is 0. The maximum absolute atomic E-state index is 11.7. The molecule has 3 heteroatoms. The lowest BCUT2D eigenvalue weighted by molar-refractivity contribution is -0.126. The molecule has 90 valence electrons. The van der Waals surface area contributed by atoms with Crippen molar-refractivity contribution in [2.24, 2.45) is 5.41 Å². The van der Waals surface area contributed by atoms with Gasteiger partial charge >= 0.3 is 0 Å². The zero-order chi connectivity index (χ0) is 12.2. The van der Waals surface area contributed by atoms with Gasteiger partial charge in [0.15, 0.2) is 0 Å². The van der Waals surface area contributed by atoms with Gasteiger partial charge in [0, 0.05) is 18.4 Å². The maximum Gasteiger partial charge on any atom is 0.139 e. The molecular formula is C13H21NO2. The summed E-state index contributed by atoms with van der Waals surface area (Å²) in [5.41, 5.74) is -0.231. The predicted molar refractivity (Wildman–Crippen MR) is 64.1 cm³/mol. The summed E-state index contributed by atoms with van der Waals surface area (Å²) in [6.07, 6.45) is 2.27. The minimum absolute atomic E-state index is 0.231. The third kappa shape index (κ3) is 4.19. The Morgan fingerprint density at radius 2 is 2.12 bits per heavy atom. The first-order chi connectivity index (χ1) is 7.39. The van der Waals surface area contributed by atoms with E-state index < -0.39 is 0 Å². The van der Waals surface area contributed by atoms with Gasteiger partial charge in [-0.1, -0.05) is 20.8 Å². The SMILES string of the molecule is CN(CCC(=O)C(C)(C)C)Cc1ccco1. The molecule has 16 heavy (non-hydrogen) atoms. The summed E-state index contributed by atoms with van der Waals surface area (Å²) in [7, 11) is 2.00. The summed E-state index contributed by atoms with van der Waals surface area (Å²) in [6, 6.07) is 3.82. The molecule has 1 aromatic rings. The Balaban J connectivity index is 2.31. The number of furan rings is 1. The summed E-state index contributed by atoms with van der Waals surface area (Å²) in [6.45, 7) is 7.41. The van der Waals surface area contributed by atoms with Gasteiger partial charge in [0.25, 0.3) is 0 Å². The molecule has 1 aromatic heterocycles. The highest BCUT2D eigenvalue weighted by Crippen LogP contribution is 2.16. The molecule has 0 amide bonds. The summed E-state index contributed by atoms with van der Waals surface area (Å²) in [5, 5.41) is 0. The Morgan fingerprint density at radius 1 is 1.44 bits per heavy atom. The predicted octanol–water partition coefficient (Wildman–Crippen LogP) is 2.72. The quantitative estimate of drug-likeness (QED) is 0.769. The Morgan fingerprint density at radius 3 is 2.62 bits per heavy atom. The molecule has 0 aliphatic rings. The average Bonchev–Trinajstić information content (AvgIpc) is 2.65. The first kappa shape index (κ1) is 13.0. The van der Waals surface area contributed by atoms with Crippen molar-refractivity contribution < 1.29 is 9.21 Å². The molecule has 0 aromatic carbocycles. The highest BCUT2D eigenvalue weighted by atomic mass is 16.3. The van der Waals surface area contributed by atoms with Gasteiger partial charge in [-0.3, -0.25) is 9.69 Å². The number of nitrogens with zero attached hydrogens (tertiary/aromatic N) is 1. The van der Waals surface area contributed by atoms with Gasteiger partial charge in [-0.05, 0) is 19.2 Å². The molecule has 0 spiro atoms. The van der Waals surface area contributed by atoms with Crippen LogP contribution in [0.25, 0.3) is 0 Å². The Hall–Kier alpha value is -1.09. The zero-order valence-corrected chi connectivity index (χ0v) is 10.6. The van der Waals surface area contributed by atoms with Crippen LogP contribution >= 0.6 is 0 Å². The van der Waals surface area contributed by atoms with Gasteiger partial charge < -0.3 is 4.42 Å². The van der Waals surface area contributed by atoms with E-state index in [1.165, 1.54) is 0 Å². The van der Waals surface area contributed by atoms with Crippen LogP contribution in [0.1, 0.15) is 33.0 Å². The fourth-order valence-electron chi connectivity index (χ4n) is 1.42. The minimum Gasteiger partial charge on any atom is -0.468 e. The molecule has 0 atom stereocenters. The van der Waals surface area contributed by atoms with Crippen LogP contribution in [-0.4, -0.2) is 24.3 Å². The van der Waals surface area contributed by atoms with E-state index in [1.54, 1.807) is 6.26 Å². The van der Waals surface area contributed by atoms with Crippen LogP contribution in [0, 0.1) is 5.41 Å². The minimum atomic E-state index is -0.231. The van der Waals surface area contributed by atoms with Crippen molar-refractivity contribution in [3.8, 4) is 0 Å². The van der Waals surface area contributed by atoms with Crippen molar-refractivity contribution in [3.05, 3.63) is 24.2 Å². The number of rotatable bonds is 5. The molecule has 0 saturated carbocycles. The number of hydrogen-bond acceptors (Lipinski definition) is 3. The van der Waals surface area contributed by atoms with Crippen LogP contribution < -0.4 is 0 Å². The molecule has 0 N–H and O–H groups in total. The number of carbonyl (C=O) groups is 1. The standard InChI is InChI=1S/C13H21NO2/c1-13(2,3)12(15)7-8-14(4)10-11-6-5-9-16-11/h5-6,9H,7-8,10H2,1-4H3. The van der Waals surface area contributed by atoms with Gasteiger partial charge in [0.1, 0.15) is 11.5 Å². The van der Waals surface area contributed by atoms with Crippen molar-refractivity contribution in [3.63, 3.8) is 0 Å². The number of carbonyl (C=O) groups excluding carboxylic acids is 1. The van der Waals surface area contributed by atoms with Gasteiger partial charge in [-0.15, -0.1) is 0 Å². The van der Waals surface area contributed by atoms with Crippen LogP contribution in [-0.2, 0) is 11.3 Å². The second kappa shape index (κ2) is 5.30. The molecule has 0 unspecified atom stereocenters. The third-order valence-electron chi connectivity index (χ3n) is 2.56. The normalized spacial score (nSPS) is 12.1. The Kier molecular flexibility index (Phi) is 4.30. The average molecular weight is 223 g/mol. The fourth-order valence-corrected chi connectivity index (χ4v) is 1.42. The molecule has 1 rings (SSSR count). The van der Waals surface area contributed by atoms with Crippen LogP contribution in [0.4, 0.5) is 0 Å². The van der Waals surface area contributed by atoms with E-state index in [0.29, 0.717) is 12.2 Å². The topological polar surface area (TPSA) is 33.5 Å². The molecular weight excluding hydrogens is 202 g/mol. The molecule has 0 saturated heterocycles. The third-order valence-corrected chi connectivity index (χ3v) is 2.56. The van der Waals surface area contributed by atoms with Gasteiger partial charge in [0.2, 0.25) is 0 Å². The first-order valence-electron chi connectivity index (χ1n) is 5.64. The summed E-state index contributed by atoms with van der Waals surface area (Å²) in [4.78, 5) is 13.8. The summed E-state index contributed by atoms with van der Waals surface area (Å²) in [5.74, 6) is 1.24. The maximum atomic E-state index is 11.7. The monoisotopic (exact) mass is 223 g/mol. The molecule has 0 fully saturated rings. The van der Waals surface area contributed by atoms with E-state index in [-0.39, 0.29) is 5.41 Å². The van der Waals surface area contributed by atoms with Crippen molar-refractivity contribution >= 4 is 5.78 Å². The van der Waals surface area contributed by atoms with E-state index in [9.17, 15) is 4.79 Å². The molecule has 0 bridgehead atoms. The summed E-state index contributed by atoms with van der Waals surface area (Å²) < 4.78 is 5.25. The van der Waals surface area contributed by atoms with Gasteiger partial charge in [-0.25, -0.2) is 0 Å². The van der Waals surface area contributed by atoms with Gasteiger partial charge in [-0.2, -0.15) is 0 Å². The lowest BCUT2D eigenvalue weighted by atomic mass is 9.89. The highest BCUT2D eigenvalue weighted by molar-refractivity contribution is 5.83. The van der Waals surface area contributed by atoms with Crippen molar-refractivity contribution in [1.29, 1.82) is 0 Å². The molecule has 0 radical (unpaired) electrons. The Labute approximate surface area is 97.4 Å². The van der Waals surface area contributed by atoms with Crippen LogP contribution in [0.2, 0.25) is 0 Å². The van der Waals surface area contributed by atoms with Crippen LogP contribution in [0.3, 0.4) is 0 Å². The number of ketones is 1. The lowest BCUT2D eigenvalue weighted by Gasteiger charge is -2.19. The molecule has 0 aliphatic heterocycles. The largest absolute Gasteiger partial charge is 0.468 e. The molecule has 0 aliphatic carbocycles. The zero-order valence-electron chi connectivity index (χ0n) is 10.6. The van der Waals surface area contributed by atoms with E-state index in [4.69, 9.17) is 4.42 Å². The van der Waals surface area contributed by atoms with Crippen molar-refractivity contribution in [2.45, 2.75) is 33.7 Å². The van der Waals surface area contributed by atoms with E-state index in [1.807, 2.05) is 40.0 Å². The van der Waals surface area contributed by atoms with Gasteiger partial charge in [0.05, 0.1) is 12.8 Å². The van der Waals surface area contributed by atoms with E-state index in [0.717, 1.165) is 18.8 Å². The Bertz CT molecular complexity index is 322. The fraction of sp³-hybridized carbons (Fsp3) is 0.615. The van der Waals surface area contributed by atoms with Crippen molar-refractivity contribution in [2.75, 3.05) is 13.6 Å². The molecule has 1 heterocycles. The van der Waals surface area contributed by atoms with E-state index >= 15 is 0 Å². The molecule has 3 nitrogen and oxygen atoms in total. The number of hydrogen-bond donors (Lipinski definition) is 0. The first-order valence-corrected chi connectivity index (χ1v) is 5.64. The smallest absolute Gasteiger partial charge is 0.139 e. The second-order valence-corrected chi connectivity index (χ2v) is 5.24. The van der Waals surface area contributed by atoms with Crippen LogP contribution in [0.5, 0.6) is 0 Å².